The summed E-state index contributed by atoms with van der Waals surface area (Å²) < 4.78 is 15.8. The second kappa shape index (κ2) is 7.11. The van der Waals surface area contributed by atoms with Gasteiger partial charge in [0.2, 0.25) is 0 Å². The first-order valence-electron chi connectivity index (χ1n) is 5.38. The Balaban J connectivity index is 2.64. The summed E-state index contributed by atoms with van der Waals surface area (Å²) in [6.45, 7) is 0.740. The summed E-state index contributed by atoms with van der Waals surface area (Å²) in [6.07, 6.45) is -0.633. The molecule has 0 heterocycles. The van der Waals surface area contributed by atoms with Crippen LogP contribution in [0.4, 0.5) is 0 Å². The monoisotopic (exact) mass is 241 g/mol. The minimum absolute atomic E-state index is 0.190. The van der Waals surface area contributed by atoms with Crippen LogP contribution >= 0.6 is 0 Å². The predicted octanol–water partition coefficient (Wildman–Crippen LogP) is 0.540. The number of para-hydroxylation sites is 1. The Bertz CT molecular complexity index is 343. The standard InChI is InChI=1S/C12H19NO4/c1-15-11-5-3-4-9(12(11)16-2)7-17-8-10(14)6-13/h3-5,10,14H,6-8,13H2,1-2H3/t10-/m1/s1. The maximum atomic E-state index is 9.26. The molecule has 5 heteroatoms. The molecule has 0 spiro atoms. The van der Waals surface area contributed by atoms with Crippen LogP contribution in [-0.2, 0) is 11.3 Å². The summed E-state index contributed by atoms with van der Waals surface area (Å²) in [5, 5.41) is 9.26. The van der Waals surface area contributed by atoms with Gasteiger partial charge in [-0.1, -0.05) is 12.1 Å². The molecule has 0 aromatic heterocycles. The Morgan fingerprint density at radius 3 is 2.65 bits per heavy atom. The lowest BCUT2D eigenvalue weighted by molar-refractivity contribution is 0.0321. The number of methoxy groups -OCH3 is 2. The number of hydrogen-bond donors (Lipinski definition) is 2. The van der Waals surface area contributed by atoms with Crippen molar-refractivity contribution in [1.29, 1.82) is 0 Å². The van der Waals surface area contributed by atoms with Gasteiger partial charge in [0, 0.05) is 12.1 Å². The summed E-state index contributed by atoms with van der Waals surface area (Å²) in [7, 11) is 3.16. The summed E-state index contributed by atoms with van der Waals surface area (Å²) >= 11 is 0. The molecule has 5 nitrogen and oxygen atoms in total. The molecule has 96 valence electrons. The highest BCUT2D eigenvalue weighted by Gasteiger charge is 2.10. The Hall–Kier alpha value is -1.30. The summed E-state index contributed by atoms with van der Waals surface area (Å²) in [6, 6.07) is 5.56. The maximum absolute atomic E-state index is 9.26. The molecule has 1 aromatic carbocycles. The number of hydrogen-bond acceptors (Lipinski definition) is 5. The van der Waals surface area contributed by atoms with Crippen molar-refractivity contribution >= 4 is 0 Å². The number of aliphatic hydroxyl groups excluding tert-OH is 1. The van der Waals surface area contributed by atoms with Crippen LogP contribution in [0.5, 0.6) is 11.5 Å². The van der Waals surface area contributed by atoms with E-state index in [4.69, 9.17) is 19.9 Å². The van der Waals surface area contributed by atoms with Gasteiger partial charge in [-0.2, -0.15) is 0 Å². The smallest absolute Gasteiger partial charge is 0.166 e. The van der Waals surface area contributed by atoms with Crippen LogP contribution in [0, 0.1) is 0 Å². The molecular formula is C12H19NO4. The molecule has 3 N–H and O–H groups in total. The largest absolute Gasteiger partial charge is 0.493 e. The van der Waals surface area contributed by atoms with Crippen molar-refractivity contribution in [1.82, 2.24) is 0 Å². The molecule has 0 bridgehead atoms. The fraction of sp³-hybridized carbons (Fsp3) is 0.500. The quantitative estimate of drug-likeness (QED) is 0.729. The van der Waals surface area contributed by atoms with Crippen molar-refractivity contribution in [2.75, 3.05) is 27.4 Å². The van der Waals surface area contributed by atoms with E-state index in [0.29, 0.717) is 18.1 Å². The second-order valence-electron chi connectivity index (χ2n) is 3.56. The third kappa shape index (κ3) is 3.89. The lowest BCUT2D eigenvalue weighted by Crippen LogP contribution is -2.25. The first-order valence-corrected chi connectivity index (χ1v) is 5.38. The van der Waals surface area contributed by atoms with Gasteiger partial charge in [0.15, 0.2) is 11.5 Å². The van der Waals surface area contributed by atoms with Gasteiger partial charge in [-0.3, -0.25) is 0 Å². The minimum atomic E-state index is -0.633. The van der Waals surface area contributed by atoms with Gasteiger partial charge in [-0.25, -0.2) is 0 Å². The number of nitrogens with two attached hydrogens (primary N) is 1. The van der Waals surface area contributed by atoms with Crippen molar-refractivity contribution in [3.63, 3.8) is 0 Å². The van der Waals surface area contributed by atoms with Crippen LogP contribution in [0.3, 0.4) is 0 Å². The van der Waals surface area contributed by atoms with Crippen LogP contribution in [0.15, 0.2) is 18.2 Å². The van der Waals surface area contributed by atoms with Crippen molar-refractivity contribution in [2.45, 2.75) is 12.7 Å². The van der Waals surface area contributed by atoms with Crippen LogP contribution in [0.25, 0.3) is 0 Å². The van der Waals surface area contributed by atoms with E-state index in [2.05, 4.69) is 0 Å². The maximum Gasteiger partial charge on any atom is 0.166 e. The fourth-order valence-corrected chi connectivity index (χ4v) is 1.44. The Morgan fingerprint density at radius 2 is 2.06 bits per heavy atom. The van der Waals surface area contributed by atoms with E-state index in [9.17, 15) is 5.11 Å². The number of aliphatic hydroxyl groups is 1. The van der Waals surface area contributed by atoms with Gasteiger partial charge >= 0.3 is 0 Å². The van der Waals surface area contributed by atoms with E-state index in [1.54, 1.807) is 14.2 Å². The molecule has 1 rings (SSSR count). The van der Waals surface area contributed by atoms with Crippen molar-refractivity contribution in [3.8, 4) is 11.5 Å². The van der Waals surface area contributed by atoms with Gasteiger partial charge in [0.1, 0.15) is 0 Å². The van der Waals surface area contributed by atoms with E-state index >= 15 is 0 Å². The lowest BCUT2D eigenvalue weighted by Gasteiger charge is -2.13. The Labute approximate surface area is 101 Å². The molecule has 0 fully saturated rings. The number of rotatable bonds is 7. The zero-order chi connectivity index (χ0) is 12.7. The zero-order valence-corrected chi connectivity index (χ0v) is 10.2. The van der Waals surface area contributed by atoms with E-state index in [0.717, 1.165) is 5.56 Å². The highest BCUT2D eigenvalue weighted by Crippen LogP contribution is 2.30. The molecule has 0 saturated carbocycles. The topological polar surface area (TPSA) is 73.9 Å². The van der Waals surface area contributed by atoms with Gasteiger partial charge < -0.3 is 25.1 Å². The summed E-state index contributed by atoms with van der Waals surface area (Å²) in [4.78, 5) is 0. The molecular weight excluding hydrogens is 222 g/mol. The molecule has 0 amide bonds. The molecule has 0 aliphatic rings. The predicted molar refractivity (Wildman–Crippen MR) is 64.3 cm³/mol. The molecule has 17 heavy (non-hydrogen) atoms. The highest BCUT2D eigenvalue weighted by atomic mass is 16.5. The van der Waals surface area contributed by atoms with E-state index < -0.39 is 6.10 Å². The van der Waals surface area contributed by atoms with Crippen molar-refractivity contribution < 1.29 is 19.3 Å². The zero-order valence-electron chi connectivity index (χ0n) is 10.2. The van der Waals surface area contributed by atoms with E-state index in [1.807, 2.05) is 18.2 Å². The van der Waals surface area contributed by atoms with Gasteiger partial charge in [-0.15, -0.1) is 0 Å². The second-order valence-corrected chi connectivity index (χ2v) is 3.56. The fourth-order valence-electron chi connectivity index (χ4n) is 1.44. The lowest BCUT2D eigenvalue weighted by atomic mass is 10.2. The van der Waals surface area contributed by atoms with Crippen molar-refractivity contribution in [2.24, 2.45) is 5.73 Å². The molecule has 0 saturated heterocycles. The third-order valence-corrected chi connectivity index (χ3v) is 2.32. The highest BCUT2D eigenvalue weighted by molar-refractivity contribution is 5.46. The van der Waals surface area contributed by atoms with Gasteiger partial charge in [0.25, 0.3) is 0 Å². The van der Waals surface area contributed by atoms with E-state index in [-0.39, 0.29) is 13.2 Å². The van der Waals surface area contributed by atoms with Gasteiger partial charge in [-0.05, 0) is 6.07 Å². The van der Waals surface area contributed by atoms with E-state index in [1.165, 1.54) is 0 Å². The molecule has 0 unspecified atom stereocenters. The molecule has 0 radical (unpaired) electrons. The van der Waals surface area contributed by atoms with Crippen LogP contribution in [0.2, 0.25) is 0 Å². The summed E-state index contributed by atoms with van der Waals surface area (Å²) in [5.74, 6) is 1.31. The minimum Gasteiger partial charge on any atom is -0.493 e. The molecule has 1 atom stereocenters. The third-order valence-electron chi connectivity index (χ3n) is 2.32. The Morgan fingerprint density at radius 1 is 1.29 bits per heavy atom. The van der Waals surface area contributed by atoms with Crippen LogP contribution in [0.1, 0.15) is 5.56 Å². The number of benzene rings is 1. The van der Waals surface area contributed by atoms with Crippen molar-refractivity contribution in [3.05, 3.63) is 23.8 Å². The average Bonchev–Trinajstić information content (AvgIpc) is 2.37. The first kappa shape index (κ1) is 13.8. The van der Waals surface area contributed by atoms with Gasteiger partial charge in [0.05, 0.1) is 33.5 Å². The van der Waals surface area contributed by atoms with Crippen LogP contribution in [-0.4, -0.2) is 38.6 Å². The SMILES string of the molecule is COc1cccc(COC[C@H](O)CN)c1OC. The Kier molecular flexibility index (Phi) is 5.76. The molecule has 0 aliphatic carbocycles. The first-order chi connectivity index (χ1) is 8.22. The average molecular weight is 241 g/mol. The number of ether oxygens (including phenoxy) is 3. The van der Waals surface area contributed by atoms with Crippen LogP contribution < -0.4 is 15.2 Å². The summed E-state index contributed by atoms with van der Waals surface area (Å²) in [5.41, 5.74) is 6.15. The normalized spacial score (nSPS) is 12.2. The molecule has 1 aromatic rings. The molecule has 0 aliphatic heterocycles.